The molecule has 0 atom stereocenters. The summed E-state index contributed by atoms with van der Waals surface area (Å²) in [4.78, 5) is 20.0. The number of carbonyl (C=O) groups is 1. The van der Waals surface area contributed by atoms with Crippen molar-refractivity contribution in [2.24, 2.45) is 4.99 Å². The molecular weight excluding hydrogens is 406 g/mol. The Hall–Kier alpha value is -1.82. The van der Waals surface area contributed by atoms with Gasteiger partial charge in [0, 0.05) is 16.1 Å². The molecule has 2 aliphatic rings. The van der Waals surface area contributed by atoms with E-state index in [1.54, 1.807) is 23.1 Å². The maximum absolute atomic E-state index is 13.3. The highest BCUT2D eigenvalue weighted by Gasteiger charge is 2.50. The predicted molar refractivity (Wildman–Crippen MR) is 109 cm³/mol. The minimum absolute atomic E-state index is 0.272. The summed E-state index contributed by atoms with van der Waals surface area (Å²) in [7, 11) is 0. The molecule has 138 valence electrons. The third-order valence-corrected chi connectivity index (χ3v) is 5.95. The van der Waals surface area contributed by atoms with E-state index in [2.05, 4.69) is 0 Å². The van der Waals surface area contributed by atoms with Crippen molar-refractivity contribution in [1.82, 2.24) is 4.90 Å². The van der Waals surface area contributed by atoms with Gasteiger partial charge < -0.3 is 0 Å². The monoisotopic (exact) mass is 420 g/mol. The molecular formula is C20H15Cl2FN2OS. The number of aliphatic imine (C=N–C) groups is 1. The Morgan fingerprint density at radius 1 is 1.11 bits per heavy atom. The zero-order chi connectivity index (χ0) is 19.2. The van der Waals surface area contributed by atoms with E-state index in [-0.39, 0.29) is 5.91 Å². The van der Waals surface area contributed by atoms with Gasteiger partial charge in [-0.25, -0.2) is 4.39 Å². The van der Waals surface area contributed by atoms with Crippen LogP contribution in [0.15, 0.2) is 47.5 Å². The van der Waals surface area contributed by atoms with Gasteiger partial charge in [0.2, 0.25) is 0 Å². The molecule has 1 spiro atoms. The van der Waals surface area contributed by atoms with Crippen LogP contribution in [0.2, 0.25) is 10.0 Å². The van der Waals surface area contributed by atoms with Crippen LogP contribution in [-0.2, 0) is 0 Å². The molecule has 1 aliphatic heterocycles. The molecule has 2 aromatic carbocycles. The maximum Gasteiger partial charge on any atom is 0.260 e. The molecule has 0 bridgehead atoms. The summed E-state index contributed by atoms with van der Waals surface area (Å²) in [6.45, 7) is 0. The van der Waals surface area contributed by atoms with Gasteiger partial charge >= 0.3 is 0 Å². The van der Waals surface area contributed by atoms with Gasteiger partial charge in [-0.2, -0.15) is 0 Å². The Morgan fingerprint density at radius 3 is 2.41 bits per heavy atom. The lowest BCUT2D eigenvalue weighted by molar-refractivity contribution is 0.0724. The zero-order valence-corrected chi connectivity index (χ0v) is 16.5. The second-order valence-electron chi connectivity index (χ2n) is 6.73. The molecule has 0 unspecified atom stereocenters. The van der Waals surface area contributed by atoms with Gasteiger partial charge in [0.05, 0.1) is 5.02 Å². The summed E-state index contributed by atoms with van der Waals surface area (Å²) in [5.74, 6) is -0.665. The van der Waals surface area contributed by atoms with Crippen LogP contribution in [0.1, 0.15) is 41.6 Å². The standard InChI is InChI=1S/C20H15Cl2FN2OS/c21-13-5-8-15(16(22)11-13)17-19(27)25(20(24-17)9-1-2-10-20)18(26)12-3-6-14(23)7-4-12/h3-8,11H,1-2,9-10H2. The predicted octanol–water partition coefficient (Wildman–Crippen LogP) is 5.68. The Bertz CT molecular complexity index is 968. The number of thiocarbonyl (C=S) groups is 1. The summed E-state index contributed by atoms with van der Waals surface area (Å²) in [6.07, 6.45) is 3.38. The van der Waals surface area contributed by atoms with Crippen molar-refractivity contribution in [3.63, 3.8) is 0 Å². The average molecular weight is 421 g/mol. The molecule has 0 saturated heterocycles. The van der Waals surface area contributed by atoms with Gasteiger partial charge in [-0.15, -0.1) is 0 Å². The van der Waals surface area contributed by atoms with Crippen molar-refractivity contribution >= 4 is 52.0 Å². The molecule has 0 N–H and O–H groups in total. The number of rotatable bonds is 2. The molecule has 1 aliphatic carbocycles. The molecule has 1 fully saturated rings. The summed E-state index contributed by atoms with van der Waals surface area (Å²) in [5, 5.41) is 0.955. The fourth-order valence-electron chi connectivity index (χ4n) is 3.74. The van der Waals surface area contributed by atoms with Crippen molar-refractivity contribution in [3.05, 3.63) is 69.5 Å². The van der Waals surface area contributed by atoms with Crippen LogP contribution in [0.5, 0.6) is 0 Å². The lowest BCUT2D eigenvalue weighted by Crippen LogP contribution is -2.48. The number of halogens is 3. The zero-order valence-electron chi connectivity index (χ0n) is 14.2. The SMILES string of the molecule is O=C(c1ccc(F)cc1)N1C(=S)C(c2ccc(Cl)cc2Cl)=NC12CCCC2. The van der Waals surface area contributed by atoms with Crippen LogP contribution in [0.25, 0.3) is 0 Å². The molecule has 3 nitrogen and oxygen atoms in total. The van der Waals surface area contributed by atoms with Gasteiger partial charge in [-0.1, -0.05) is 35.4 Å². The molecule has 1 saturated carbocycles. The molecule has 4 rings (SSSR count). The molecule has 1 amide bonds. The van der Waals surface area contributed by atoms with Crippen molar-refractivity contribution in [2.45, 2.75) is 31.3 Å². The van der Waals surface area contributed by atoms with Gasteiger partial charge in [0.25, 0.3) is 5.91 Å². The first kappa shape index (κ1) is 18.5. The van der Waals surface area contributed by atoms with E-state index in [0.29, 0.717) is 31.9 Å². The molecule has 1 heterocycles. The fourth-order valence-corrected chi connectivity index (χ4v) is 4.64. The quantitative estimate of drug-likeness (QED) is 0.585. The van der Waals surface area contributed by atoms with E-state index in [4.69, 9.17) is 40.4 Å². The van der Waals surface area contributed by atoms with Crippen LogP contribution in [0.4, 0.5) is 4.39 Å². The maximum atomic E-state index is 13.3. The van der Waals surface area contributed by atoms with Gasteiger partial charge in [-0.05, 0) is 68.1 Å². The van der Waals surface area contributed by atoms with Crippen LogP contribution < -0.4 is 0 Å². The lowest BCUT2D eigenvalue weighted by Gasteiger charge is -2.32. The first-order valence-electron chi connectivity index (χ1n) is 8.61. The highest BCUT2D eigenvalue weighted by atomic mass is 35.5. The third-order valence-electron chi connectivity index (χ3n) is 5.03. The molecule has 0 radical (unpaired) electrons. The first-order chi connectivity index (χ1) is 12.9. The molecule has 7 heteroatoms. The molecule has 0 aromatic heterocycles. The van der Waals surface area contributed by atoms with Crippen LogP contribution in [0.3, 0.4) is 0 Å². The highest BCUT2D eigenvalue weighted by Crippen LogP contribution is 2.43. The number of carbonyl (C=O) groups excluding carboxylic acids is 1. The highest BCUT2D eigenvalue weighted by molar-refractivity contribution is 7.82. The number of benzene rings is 2. The number of nitrogens with zero attached hydrogens (tertiary/aromatic N) is 2. The van der Waals surface area contributed by atoms with E-state index in [1.807, 2.05) is 0 Å². The minimum atomic E-state index is -0.694. The first-order valence-corrected chi connectivity index (χ1v) is 9.77. The summed E-state index contributed by atoms with van der Waals surface area (Å²) < 4.78 is 13.3. The Morgan fingerprint density at radius 2 is 1.78 bits per heavy atom. The van der Waals surface area contributed by atoms with Gasteiger partial charge in [0.1, 0.15) is 22.2 Å². The van der Waals surface area contributed by atoms with Crippen LogP contribution in [0, 0.1) is 5.82 Å². The smallest absolute Gasteiger partial charge is 0.260 e. The van der Waals surface area contributed by atoms with E-state index in [0.717, 1.165) is 25.7 Å². The second-order valence-corrected chi connectivity index (χ2v) is 7.96. The summed E-state index contributed by atoms with van der Waals surface area (Å²) in [5.41, 5.74) is 0.875. The van der Waals surface area contributed by atoms with Crippen molar-refractivity contribution in [3.8, 4) is 0 Å². The largest absolute Gasteiger partial charge is 0.271 e. The van der Waals surface area contributed by atoms with Crippen molar-refractivity contribution in [2.75, 3.05) is 0 Å². The Balaban J connectivity index is 1.78. The van der Waals surface area contributed by atoms with Crippen molar-refractivity contribution in [1.29, 1.82) is 0 Å². The fraction of sp³-hybridized carbons (Fsp3) is 0.250. The Labute approximate surface area is 171 Å². The third kappa shape index (κ3) is 3.18. The number of hydrogen-bond donors (Lipinski definition) is 0. The van der Waals surface area contributed by atoms with Crippen LogP contribution >= 0.6 is 35.4 Å². The average Bonchev–Trinajstić information content (AvgIpc) is 3.20. The summed E-state index contributed by atoms with van der Waals surface area (Å²) >= 11 is 18.0. The van der Waals surface area contributed by atoms with Gasteiger partial charge in [0.15, 0.2) is 0 Å². The number of hydrogen-bond acceptors (Lipinski definition) is 3. The normalized spacial score (nSPS) is 18.3. The molecule has 27 heavy (non-hydrogen) atoms. The lowest BCUT2D eigenvalue weighted by atomic mass is 10.1. The van der Waals surface area contributed by atoms with E-state index in [1.165, 1.54) is 24.3 Å². The molecule has 2 aromatic rings. The van der Waals surface area contributed by atoms with E-state index >= 15 is 0 Å². The van der Waals surface area contributed by atoms with E-state index in [9.17, 15) is 9.18 Å². The van der Waals surface area contributed by atoms with Crippen LogP contribution in [-0.4, -0.2) is 27.2 Å². The number of amides is 1. The van der Waals surface area contributed by atoms with E-state index < -0.39 is 11.5 Å². The topological polar surface area (TPSA) is 32.7 Å². The second kappa shape index (κ2) is 6.97. The minimum Gasteiger partial charge on any atom is -0.271 e. The summed E-state index contributed by atoms with van der Waals surface area (Å²) in [6, 6.07) is 10.6. The Kier molecular flexibility index (Phi) is 4.78. The van der Waals surface area contributed by atoms with Gasteiger partial charge in [-0.3, -0.25) is 14.7 Å². The van der Waals surface area contributed by atoms with Crippen molar-refractivity contribution < 1.29 is 9.18 Å².